The van der Waals surface area contributed by atoms with Crippen molar-refractivity contribution in [3.8, 4) is 12.3 Å². The van der Waals surface area contributed by atoms with Crippen molar-refractivity contribution in [2.45, 2.75) is 44.2 Å². The fourth-order valence-corrected chi connectivity index (χ4v) is 3.75. The smallest absolute Gasteiger partial charge is 0.315 e. The van der Waals surface area contributed by atoms with Crippen molar-refractivity contribution in [3.05, 3.63) is 0 Å². The predicted molar refractivity (Wildman–Crippen MR) is 85.3 cm³/mol. The number of hydrogen-bond donors (Lipinski definition) is 0. The Morgan fingerprint density at radius 3 is 3.05 bits per heavy atom. The Balaban J connectivity index is 1.56. The highest BCUT2D eigenvalue weighted by molar-refractivity contribution is 7.99. The van der Waals surface area contributed by atoms with Gasteiger partial charge in [-0.3, -0.25) is 9.69 Å². The fraction of sp³-hybridized carbons (Fsp3) is 0.812. The van der Waals surface area contributed by atoms with Gasteiger partial charge in [0.1, 0.15) is 6.61 Å². The summed E-state index contributed by atoms with van der Waals surface area (Å²) in [4.78, 5) is 14.0. The van der Waals surface area contributed by atoms with Gasteiger partial charge in [-0.2, -0.15) is 0 Å². The summed E-state index contributed by atoms with van der Waals surface area (Å²) in [6.07, 6.45) is 11.4. The van der Waals surface area contributed by atoms with Crippen LogP contribution in [0.25, 0.3) is 0 Å². The summed E-state index contributed by atoms with van der Waals surface area (Å²) in [5.74, 6) is 3.85. The van der Waals surface area contributed by atoms with E-state index in [1.165, 1.54) is 12.8 Å². The molecule has 2 rings (SSSR count). The summed E-state index contributed by atoms with van der Waals surface area (Å²) in [5.41, 5.74) is 0. The minimum atomic E-state index is -0.122. The highest BCUT2D eigenvalue weighted by Crippen LogP contribution is 2.18. The van der Waals surface area contributed by atoms with Gasteiger partial charge >= 0.3 is 5.97 Å². The average molecular weight is 311 g/mol. The van der Waals surface area contributed by atoms with E-state index in [0.717, 1.165) is 38.2 Å². The van der Waals surface area contributed by atoms with Crippen molar-refractivity contribution in [3.63, 3.8) is 0 Å². The standard InChI is InChI=1S/C16H25NO3S/c1-2-8-17-9-5-6-14(17)11-20-16(18)13-21-12-15-7-3-4-10-19-15/h1,14-15H,3-13H2/t14-,15-/m1/s1. The molecule has 2 fully saturated rings. The van der Waals surface area contributed by atoms with Crippen LogP contribution in [0.4, 0.5) is 0 Å². The Morgan fingerprint density at radius 1 is 1.38 bits per heavy atom. The SMILES string of the molecule is C#CCN1CCC[C@@H]1COC(=O)CSC[C@H]1CCCCO1. The average Bonchev–Trinajstić information content (AvgIpc) is 2.94. The van der Waals surface area contributed by atoms with E-state index in [9.17, 15) is 4.79 Å². The first-order valence-corrected chi connectivity index (χ1v) is 8.97. The molecular formula is C16H25NO3S. The van der Waals surface area contributed by atoms with Crippen LogP contribution in [0.5, 0.6) is 0 Å². The molecule has 0 aliphatic carbocycles. The third-order valence-corrected chi connectivity index (χ3v) is 5.08. The van der Waals surface area contributed by atoms with Crippen molar-refractivity contribution >= 4 is 17.7 Å². The van der Waals surface area contributed by atoms with Gasteiger partial charge in [0.15, 0.2) is 0 Å². The van der Waals surface area contributed by atoms with Gasteiger partial charge in [0.25, 0.3) is 0 Å². The van der Waals surface area contributed by atoms with Crippen LogP contribution < -0.4 is 0 Å². The maximum Gasteiger partial charge on any atom is 0.315 e. The molecule has 2 atom stereocenters. The van der Waals surface area contributed by atoms with Crippen LogP contribution >= 0.6 is 11.8 Å². The normalized spacial score (nSPS) is 26.4. The molecule has 0 N–H and O–H groups in total. The zero-order valence-corrected chi connectivity index (χ0v) is 13.4. The van der Waals surface area contributed by atoms with Crippen LogP contribution in [0.2, 0.25) is 0 Å². The lowest BCUT2D eigenvalue weighted by Crippen LogP contribution is -2.34. The van der Waals surface area contributed by atoms with Gasteiger partial charge < -0.3 is 9.47 Å². The molecule has 0 unspecified atom stereocenters. The van der Waals surface area contributed by atoms with Crippen molar-refractivity contribution in [1.82, 2.24) is 4.90 Å². The molecule has 0 aromatic heterocycles. The fourth-order valence-electron chi connectivity index (χ4n) is 2.85. The largest absolute Gasteiger partial charge is 0.463 e. The first kappa shape index (κ1) is 16.7. The van der Waals surface area contributed by atoms with Gasteiger partial charge in [0, 0.05) is 18.4 Å². The second kappa shape index (κ2) is 9.34. The topological polar surface area (TPSA) is 38.8 Å². The summed E-state index contributed by atoms with van der Waals surface area (Å²) >= 11 is 1.62. The second-order valence-corrected chi connectivity index (χ2v) is 6.69. The number of hydrogen-bond acceptors (Lipinski definition) is 5. The first-order chi connectivity index (χ1) is 10.3. The number of terminal acetylenes is 1. The van der Waals surface area contributed by atoms with Crippen molar-refractivity contribution in [1.29, 1.82) is 0 Å². The molecule has 0 saturated carbocycles. The van der Waals surface area contributed by atoms with Crippen molar-refractivity contribution in [2.24, 2.45) is 0 Å². The Morgan fingerprint density at radius 2 is 2.29 bits per heavy atom. The summed E-state index contributed by atoms with van der Waals surface area (Å²) in [6, 6.07) is 0.302. The third kappa shape index (κ3) is 5.90. The van der Waals surface area contributed by atoms with Crippen LogP contribution in [-0.4, -0.2) is 60.8 Å². The molecule has 0 spiro atoms. The van der Waals surface area contributed by atoms with E-state index in [1.54, 1.807) is 11.8 Å². The van der Waals surface area contributed by atoms with Crippen LogP contribution in [0.15, 0.2) is 0 Å². The van der Waals surface area contributed by atoms with E-state index in [-0.39, 0.29) is 5.97 Å². The minimum Gasteiger partial charge on any atom is -0.463 e. The van der Waals surface area contributed by atoms with Gasteiger partial charge in [-0.05, 0) is 38.6 Å². The molecule has 2 aliphatic heterocycles. The lowest BCUT2D eigenvalue weighted by atomic mass is 10.1. The summed E-state index contributed by atoms with van der Waals surface area (Å²) in [5, 5.41) is 0. The predicted octanol–water partition coefficient (Wildman–Crippen LogP) is 1.93. The lowest BCUT2D eigenvalue weighted by molar-refractivity contribution is -0.141. The number of carbonyl (C=O) groups excluding carboxylic acids is 1. The Bertz CT molecular complexity index is 363. The van der Waals surface area contributed by atoms with Gasteiger partial charge in [-0.15, -0.1) is 18.2 Å². The molecule has 2 heterocycles. The van der Waals surface area contributed by atoms with Crippen LogP contribution in [-0.2, 0) is 14.3 Å². The molecule has 0 aromatic rings. The monoisotopic (exact) mass is 311 g/mol. The number of rotatable bonds is 7. The van der Waals surface area contributed by atoms with E-state index >= 15 is 0 Å². The van der Waals surface area contributed by atoms with Crippen LogP contribution in [0, 0.1) is 12.3 Å². The Kier molecular flexibility index (Phi) is 7.42. The quantitative estimate of drug-likeness (QED) is 0.531. The summed E-state index contributed by atoms with van der Waals surface area (Å²) in [7, 11) is 0. The van der Waals surface area contributed by atoms with E-state index in [0.29, 0.717) is 31.1 Å². The molecule has 0 amide bonds. The Hall–Kier alpha value is -0.700. The maximum absolute atomic E-state index is 11.8. The lowest BCUT2D eigenvalue weighted by Gasteiger charge is -2.22. The van der Waals surface area contributed by atoms with E-state index in [1.807, 2.05) is 0 Å². The second-order valence-electron chi connectivity index (χ2n) is 5.66. The Labute approximate surface area is 131 Å². The van der Waals surface area contributed by atoms with Gasteiger partial charge in [-0.25, -0.2) is 0 Å². The third-order valence-electron chi connectivity index (χ3n) is 4.03. The molecule has 5 heteroatoms. The first-order valence-electron chi connectivity index (χ1n) is 7.82. The number of nitrogens with zero attached hydrogens (tertiary/aromatic N) is 1. The van der Waals surface area contributed by atoms with Crippen molar-refractivity contribution in [2.75, 3.05) is 37.8 Å². The molecule has 118 valence electrons. The van der Waals surface area contributed by atoms with Gasteiger partial charge in [-0.1, -0.05) is 5.92 Å². The molecule has 0 radical (unpaired) electrons. The molecule has 21 heavy (non-hydrogen) atoms. The van der Waals surface area contributed by atoms with E-state index in [2.05, 4.69) is 10.8 Å². The van der Waals surface area contributed by atoms with E-state index in [4.69, 9.17) is 15.9 Å². The summed E-state index contributed by atoms with van der Waals surface area (Å²) < 4.78 is 11.0. The number of ether oxygens (including phenoxy) is 2. The molecule has 0 bridgehead atoms. The number of esters is 1. The minimum absolute atomic E-state index is 0.122. The highest BCUT2D eigenvalue weighted by atomic mass is 32.2. The zero-order chi connectivity index (χ0) is 14.9. The van der Waals surface area contributed by atoms with Crippen LogP contribution in [0.3, 0.4) is 0 Å². The molecule has 4 nitrogen and oxygen atoms in total. The van der Waals surface area contributed by atoms with Crippen molar-refractivity contribution < 1.29 is 14.3 Å². The number of carbonyl (C=O) groups is 1. The number of thioether (sulfide) groups is 1. The van der Waals surface area contributed by atoms with Crippen LogP contribution in [0.1, 0.15) is 32.1 Å². The van der Waals surface area contributed by atoms with Gasteiger partial charge in [0.2, 0.25) is 0 Å². The summed E-state index contributed by atoms with van der Waals surface area (Å²) in [6.45, 7) is 3.00. The van der Waals surface area contributed by atoms with Gasteiger partial charge in [0.05, 0.1) is 18.4 Å². The molecule has 2 saturated heterocycles. The molecule has 2 aliphatic rings. The molecule has 0 aromatic carbocycles. The highest BCUT2D eigenvalue weighted by Gasteiger charge is 2.25. The molecular weight excluding hydrogens is 286 g/mol. The van der Waals surface area contributed by atoms with E-state index < -0.39 is 0 Å². The maximum atomic E-state index is 11.8. The zero-order valence-electron chi connectivity index (χ0n) is 12.6. The number of likely N-dealkylation sites (tertiary alicyclic amines) is 1.